The summed E-state index contributed by atoms with van der Waals surface area (Å²) in [6.07, 6.45) is 1.10. The van der Waals surface area contributed by atoms with Crippen molar-refractivity contribution in [1.82, 2.24) is 9.97 Å². The normalized spacial score (nSPS) is 10.5. The summed E-state index contributed by atoms with van der Waals surface area (Å²) in [6.45, 7) is 6.89. The van der Waals surface area contributed by atoms with Gasteiger partial charge >= 0.3 is 5.97 Å². The van der Waals surface area contributed by atoms with Crippen molar-refractivity contribution in [2.75, 3.05) is 24.2 Å². The third-order valence-corrected chi connectivity index (χ3v) is 2.45. The van der Waals surface area contributed by atoms with Crippen LogP contribution in [0.3, 0.4) is 0 Å². The van der Waals surface area contributed by atoms with Crippen LogP contribution in [0.15, 0.2) is 6.07 Å². The van der Waals surface area contributed by atoms with Crippen molar-refractivity contribution in [2.45, 2.75) is 39.5 Å². The largest absolute Gasteiger partial charge is 0.466 e. The van der Waals surface area contributed by atoms with E-state index in [0.29, 0.717) is 43.5 Å². The lowest BCUT2D eigenvalue weighted by molar-refractivity contribution is -0.143. The number of aromatic nitrogens is 2. The molecule has 1 rings (SSSR count). The molecule has 0 atom stereocenters. The van der Waals surface area contributed by atoms with Crippen LogP contribution in [0.4, 0.5) is 11.6 Å². The van der Waals surface area contributed by atoms with E-state index in [1.54, 1.807) is 13.0 Å². The second-order valence-corrected chi connectivity index (χ2v) is 4.53. The standard InChI is InChI=1S/C13H22N4O2/c1-4-19-12(18)6-5-7-15-11-8-10(14)16-13(17-11)9(2)3/h8-9H,4-7H2,1-3H3,(H3,14,15,16,17). The number of carbonyl (C=O) groups excluding carboxylic acids is 1. The van der Waals surface area contributed by atoms with Crippen molar-refractivity contribution in [2.24, 2.45) is 0 Å². The molecule has 6 nitrogen and oxygen atoms in total. The summed E-state index contributed by atoms with van der Waals surface area (Å²) in [5.41, 5.74) is 5.72. The lowest BCUT2D eigenvalue weighted by atomic mass is 10.2. The van der Waals surface area contributed by atoms with Gasteiger partial charge in [-0.2, -0.15) is 0 Å². The van der Waals surface area contributed by atoms with Crippen LogP contribution in [-0.2, 0) is 9.53 Å². The maximum absolute atomic E-state index is 11.2. The maximum atomic E-state index is 11.2. The van der Waals surface area contributed by atoms with Gasteiger partial charge in [-0.05, 0) is 13.3 Å². The van der Waals surface area contributed by atoms with Crippen molar-refractivity contribution >= 4 is 17.6 Å². The molecular weight excluding hydrogens is 244 g/mol. The number of carbonyl (C=O) groups is 1. The van der Waals surface area contributed by atoms with Gasteiger partial charge in [-0.25, -0.2) is 9.97 Å². The summed E-state index contributed by atoms with van der Waals surface area (Å²) in [4.78, 5) is 19.7. The van der Waals surface area contributed by atoms with Crippen LogP contribution in [0.2, 0.25) is 0 Å². The Morgan fingerprint density at radius 3 is 2.84 bits per heavy atom. The lowest BCUT2D eigenvalue weighted by Gasteiger charge is -2.09. The lowest BCUT2D eigenvalue weighted by Crippen LogP contribution is -2.11. The Hall–Kier alpha value is -1.85. The van der Waals surface area contributed by atoms with Crippen LogP contribution in [0, 0.1) is 0 Å². The molecule has 1 aromatic heterocycles. The van der Waals surface area contributed by atoms with Crippen LogP contribution >= 0.6 is 0 Å². The second kappa shape index (κ2) is 7.56. The van der Waals surface area contributed by atoms with Crippen LogP contribution in [-0.4, -0.2) is 29.1 Å². The molecule has 6 heteroatoms. The molecule has 0 bridgehead atoms. The van der Waals surface area contributed by atoms with E-state index in [-0.39, 0.29) is 11.9 Å². The number of nitrogens with one attached hydrogen (secondary N) is 1. The van der Waals surface area contributed by atoms with Gasteiger partial charge in [-0.1, -0.05) is 13.8 Å². The maximum Gasteiger partial charge on any atom is 0.305 e. The Bertz CT molecular complexity index is 421. The van der Waals surface area contributed by atoms with E-state index in [2.05, 4.69) is 15.3 Å². The van der Waals surface area contributed by atoms with Crippen molar-refractivity contribution in [3.8, 4) is 0 Å². The van der Waals surface area contributed by atoms with Crippen molar-refractivity contribution in [1.29, 1.82) is 0 Å². The van der Waals surface area contributed by atoms with E-state index in [4.69, 9.17) is 10.5 Å². The van der Waals surface area contributed by atoms with Crippen molar-refractivity contribution in [3.63, 3.8) is 0 Å². The van der Waals surface area contributed by atoms with Crippen molar-refractivity contribution < 1.29 is 9.53 Å². The first-order valence-corrected chi connectivity index (χ1v) is 6.56. The molecule has 0 aromatic carbocycles. The van der Waals surface area contributed by atoms with E-state index in [9.17, 15) is 4.79 Å². The Labute approximate surface area is 113 Å². The van der Waals surface area contributed by atoms with Crippen LogP contribution in [0.1, 0.15) is 45.4 Å². The minimum Gasteiger partial charge on any atom is -0.466 e. The summed E-state index contributed by atoms with van der Waals surface area (Å²) in [5, 5.41) is 3.14. The molecular formula is C13H22N4O2. The number of hydrogen-bond acceptors (Lipinski definition) is 6. The number of esters is 1. The Morgan fingerprint density at radius 2 is 2.21 bits per heavy atom. The fourth-order valence-corrected chi connectivity index (χ4v) is 1.52. The van der Waals surface area contributed by atoms with Gasteiger partial charge < -0.3 is 15.8 Å². The molecule has 0 saturated carbocycles. The molecule has 0 spiro atoms. The quantitative estimate of drug-likeness (QED) is 0.579. The third-order valence-electron chi connectivity index (χ3n) is 2.45. The van der Waals surface area contributed by atoms with Crippen LogP contribution in [0.5, 0.6) is 0 Å². The summed E-state index contributed by atoms with van der Waals surface area (Å²) >= 11 is 0. The van der Waals surface area contributed by atoms with E-state index in [1.807, 2.05) is 13.8 Å². The molecule has 19 heavy (non-hydrogen) atoms. The van der Waals surface area contributed by atoms with Gasteiger partial charge in [0.15, 0.2) is 0 Å². The highest BCUT2D eigenvalue weighted by atomic mass is 16.5. The smallest absolute Gasteiger partial charge is 0.305 e. The van der Waals surface area contributed by atoms with Crippen molar-refractivity contribution in [3.05, 3.63) is 11.9 Å². The fraction of sp³-hybridized carbons (Fsp3) is 0.615. The highest BCUT2D eigenvalue weighted by Gasteiger charge is 2.06. The topological polar surface area (TPSA) is 90.1 Å². The van der Waals surface area contributed by atoms with E-state index in [1.165, 1.54) is 0 Å². The van der Waals surface area contributed by atoms with Gasteiger partial charge in [-0.15, -0.1) is 0 Å². The average Bonchev–Trinajstić information content (AvgIpc) is 2.34. The molecule has 0 amide bonds. The summed E-state index contributed by atoms with van der Waals surface area (Å²) in [6, 6.07) is 1.69. The highest BCUT2D eigenvalue weighted by molar-refractivity contribution is 5.69. The molecule has 0 aliphatic heterocycles. The van der Waals surface area contributed by atoms with E-state index in [0.717, 1.165) is 0 Å². The molecule has 0 aliphatic rings. The zero-order valence-electron chi connectivity index (χ0n) is 11.8. The minimum absolute atomic E-state index is 0.172. The monoisotopic (exact) mass is 266 g/mol. The number of hydrogen-bond donors (Lipinski definition) is 2. The molecule has 0 unspecified atom stereocenters. The van der Waals surface area contributed by atoms with Crippen LogP contribution < -0.4 is 11.1 Å². The van der Waals surface area contributed by atoms with Gasteiger partial charge in [0.25, 0.3) is 0 Å². The molecule has 3 N–H and O–H groups in total. The number of nitrogens with zero attached hydrogens (tertiary/aromatic N) is 2. The van der Waals surface area contributed by atoms with Gasteiger partial charge in [0, 0.05) is 24.9 Å². The number of ether oxygens (including phenoxy) is 1. The van der Waals surface area contributed by atoms with Crippen LogP contribution in [0.25, 0.3) is 0 Å². The predicted octanol–water partition coefficient (Wildman–Crippen LogP) is 1.94. The predicted molar refractivity (Wildman–Crippen MR) is 74.9 cm³/mol. The Kier molecular flexibility index (Phi) is 6.05. The van der Waals surface area contributed by atoms with Gasteiger partial charge in [0.05, 0.1) is 6.61 Å². The molecule has 106 valence electrons. The molecule has 0 radical (unpaired) electrons. The number of nitrogens with two attached hydrogens (primary N) is 1. The molecule has 0 aliphatic carbocycles. The summed E-state index contributed by atoms with van der Waals surface area (Å²) in [5.74, 6) is 1.91. The van der Waals surface area contributed by atoms with Gasteiger partial charge in [-0.3, -0.25) is 4.79 Å². The molecule has 1 aromatic rings. The second-order valence-electron chi connectivity index (χ2n) is 4.53. The summed E-state index contributed by atoms with van der Waals surface area (Å²) < 4.78 is 4.85. The first-order valence-electron chi connectivity index (χ1n) is 6.56. The number of anilines is 2. The SMILES string of the molecule is CCOC(=O)CCCNc1cc(N)nc(C(C)C)n1. The third kappa shape index (κ3) is 5.54. The van der Waals surface area contributed by atoms with Gasteiger partial charge in [0.1, 0.15) is 17.5 Å². The fourth-order valence-electron chi connectivity index (χ4n) is 1.52. The minimum atomic E-state index is -0.172. The zero-order valence-corrected chi connectivity index (χ0v) is 11.8. The number of rotatable bonds is 7. The Morgan fingerprint density at radius 1 is 1.47 bits per heavy atom. The average molecular weight is 266 g/mol. The van der Waals surface area contributed by atoms with E-state index < -0.39 is 0 Å². The molecule has 0 saturated heterocycles. The first kappa shape index (κ1) is 15.2. The highest BCUT2D eigenvalue weighted by Crippen LogP contribution is 2.14. The van der Waals surface area contributed by atoms with E-state index >= 15 is 0 Å². The van der Waals surface area contributed by atoms with Gasteiger partial charge in [0.2, 0.25) is 0 Å². The summed E-state index contributed by atoms with van der Waals surface area (Å²) in [7, 11) is 0. The Balaban J connectivity index is 2.43. The molecule has 1 heterocycles. The first-order chi connectivity index (χ1) is 9.02. The zero-order chi connectivity index (χ0) is 14.3. The number of nitrogen functional groups attached to an aromatic ring is 1. The molecule has 0 fully saturated rings.